The van der Waals surface area contributed by atoms with E-state index in [9.17, 15) is 14.4 Å². The summed E-state index contributed by atoms with van der Waals surface area (Å²) in [5.41, 5.74) is 1.77. The van der Waals surface area contributed by atoms with Crippen molar-refractivity contribution in [1.82, 2.24) is 20.4 Å². The quantitative estimate of drug-likeness (QED) is 0.263. The molecular formula is C37H53N5O3. The molecule has 4 aliphatic carbocycles. The Labute approximate surface area is 268 Å². The Morgan fingerprint density at radius 2 is 1.58 bits per heavy atom. The number of hydrogen-bond donors (Lipinski definition) is 3. The molecule has 8 nitrogen and oxygen atoms in total. The lowest BCUT2D eigenvalue weighted by atomic mass is 9.70. The van der Waals surface area contributed by atoms with Crippen LogP contribution in [0.4, 0.5) is 5.69 Å². The fourth-order valence-corrected chi connectivity index (χ4v) is 8.59. The van der Waals surface area contributed by atoms with E-state index in [1.807, 2.05) is 18.2 Å². The molecule has 4 saturated carbocycles. The largest absolute Gasteiger partial charge is 0.355 e. The topological polar surface area (TPSA) is 105 Å². The zero-order valence-electron chi connectivity index (χ0n) is 27.4. The van der Waals surface area contributed by atoms with Gasteiger partial charge in [-0.25, -0.2) is 0 Å². The highest BCUT2D eigenvalue weighted by atomic mass is 16.2. The summed E-state index contributed by atoms with van der Waals surface area (Å²) in [6, 6.07) is 9.00. The maximum absolute atomic E-state index is 14.3. The molecule has 0 aliphatic heterocycles. The molecule has 2 atom stereocenters. The van der Waals surface area contributed by atoms with Crippen LogP contribution < -0.4 is 16.0 Å². The summed E-state index contributed by atoms with van der Waals surface area (Å²) in [4.78, 5) is 41.7. The van der Waals surface area contributed by atoms with Gasteiger partial charge in [-0.3, -0.25) is 19.1 Å². The zero-order chi connectivity index (χ0) is 31.4. The van der Waals surface area contributed by atoms with Crippen molar-refractivity contribution in [1.29, 1.82) is 0 Å². The van der Waals surface area contributed by atoms with Crippen molar-refractivity contribution in [2.24, 2.45) is 30.2 Å². The Balaban J connectivity index is 1.24. The van der Waals surface area contributed by atoms with Crippen LogP contribution in [0.1, 0.15) is 126 Å². The summed E-state index contributed by atoms with van der Waals surface area (Å²) in [6.07, 6.45) is 19.5. The minimum Gasteiger partial charge on any atom is -0.355 e. The Hall–Kier alpha value is -3.16. The smallest absolute Gasteiger partial charge is 0.270 e. The molecule has 3 N–H and O–H groups in total. The van der Waals surface area contributed by atoms with Crippen LogP contribution in [0.2, 0.25) is 0 Å². The molecular weight excluding hydrogens is 562 g/mol. The first-order valence-corrected chi connectivity index (χ1v) is 17.8. The molecule has 1 heterocycles. The number of aromatic nitrogens is 2. The van der Waals surface area contributed by atoms with Crippen molar-refractivity contribution in [2.45, 2.75) is 121 Å². The fraction of sp³-hybridized carbons (Fsp3) is 0.676. The van der Waals surface area contributed by atoms with E-state index in [4.69, 9.17) is 0 Å². The van der Waals surface area contributed by atoms with E-state index < -0.39 is 11.5 Å². The lowest BCUT2D eigenvalue weighted by molar-refractivity contribution is -0.127. The number of benzene rings is 1. The average molecular weight is 616 g/mol. The van der Waals surface area contributed by atoms with E-state index in [0.717, 1.165) is 63.5 Å². The Kier molecular flexibility index (Phi) is 9.67. The van der Waals surface area contributed by atoms with Gasteiger partial charge in [-0.2, -0.15) is 5.10 Å². The van der Waals surface area contributed by atoms with Gasteiger partial charge in [0.15, 0.2) is 0 Å². The summed E-state index contributed by atoms with van der Waals surface area (Å²) in [6.45, 7) is 3.00. The highest BCUT2D eigenvalue weighted by Crippen LogP contribution is 2.47. The third-order valence-corrected chi connectivity index (χ3v) is 11.7. The van der Waals surface area contributed by atoms with Crippen LogP contribution in [0, 0.1) is 23.2 Å². The van der Waals surface area contributed by atoms with Crippen LogP contribution in [0.15, 0.2) is 36.5 Å². The lowest BCUT2D eigenvalue weighted by Gasteiger charge is -2.39. The van der Waals surface area contributed by atoms with Crippen molar-refractivity contribution >= 4 is 23.4 Å². The number of aryl methyl sites for hydroxylation is 1. The molecule has 45 heavy (non-hydrogen) atoms. The first kappa shape index (κ1) is 31.8. The molecule has 4 fully saturated rings. The van der Waals surface area contributed by atoms with Gasteiger partial charge in [-0.15, -0.1) is 0 Å². The summed E-state index contributed by atoms with van der Waals surface area (Å²) in [5, 5.41) is 13.9. The predicted molar refractivity (Wildman–Crippen MR) is 177 cm³/mol. The normalized spacial score (nSPS) is 22.7. The van der Waals surface area contributed by atoms with Crippen molar-refractivity contribution in [2.75, 3.05) is 11.9 Å². The molecule has 244 valence electrons. The van der Waals surface area contributed by atoms with Gasteiger partial charge in [0, 0.05) is 25.5 Å². The van der Waals surface area contributed by atoms with Gasteiger partial charge in [-0.1, -0.05) is 83.3 Å². The Morgan fingerprint density at radius 1 is 0.889 bits per heavy atom. The van der Waals surface area contributed by atoms with Gasteiger partial charge in [0.1, 0.15) is 11.7 Å². The number of nitrogens with zero attached hydrogens (tertiary/aromatic N) is 2. The van der Waals surface area contributed by atoms with Crippen LogP contribution in [0.5, 0.6) is 0 Å². The standard InChI is InChI=1S/C37H53N5O3/c1-36(19-11-20-36)25-38-35(45)37(21-8-9-22-37)28-14-10-15-29(24-28)40-34(44)32(41-33(43)30-18-23-39-42(30)2)31(27-16-17-27)26-12-6-4-3-5-7-13-26/h10,14-15,18,23-24,26-27,31-32H,3-9,11-13,16-17,19-22,25H2,1-2H3,(H,38,45)(H,40,44)(H,41,43)/t31?,32-/m0/s1. The minimum atomic E-state index is -0.639. The lowest BCUT2D eigenvalue weighted by Crippen LogP contribution is -2.51. The number of amides is 3. The number of nitrogens with one attached hydrogen (secondary N) is 3. The van der Waals surface area contributed by atoms with E-state index in [-0.39, 0.29) is 29.1 Å². The third-order valence-electron chi connectivity index (χ3n) is 11.7. The van der Waals surface area contributed by atoms with Crippen LogP contribution in [-0.4, -0.2) is 40.1 Å². The maximum atomic E-state index is 14.3. The molecule has 3 amide bonds. The molecule has 0 radical (unpaired) electrons. The number of carbonyl (C=O) groups excluding carboxylic acids is 3. The maximum Gasteiger partial charge on any atom is 0.270 e. The number of anilines is 1. The van der Waals surface area contributed by atoms with Crippen LogP contribution in [-0.2, 0) is 22.1 Å². The van der Waals surface area contributed by atoms with E-state index >= 15 is 0 Å². The van der Waals surface area contributed by atoms with Gasteiger partial charge in [0.2, 0.25) is 11.8 Å². The van der Waals surface area contributed by atoms with Gasteiger partial charge < -0.3 is 16.0 Å². The molecule has 1 aromatic heterocycles. The highest BCUT2D eigenvalue weighted by Gasteiger charge is 2.46. The van der Waals surface area contributed by atoms with E-state index in [1.165, 1.54) is 51.4 Å². The Bertz CT molecular complexity index is 1350. The molecule has 1 unspecified atom stereocenters. The summed E-state index contributed by atoms with van der Waals surface area (Å²) >= 11 is 0. The van der Waals surface area contributed by atoms with Gasteiger partial charge in [0.25, 0.3) is 5.91 Å². The first-order chi connectivity index (χ1) is 21.8. The van der Waals surface area contributed by atoms with Crippen LogP contribution in [0.3, 0.4) is 0 Å². The minimum absolute atomic E-state index is 0.100. The second-order valence-electron chi connectivity index (χ2n) is 15.0. The molecule has 0 spiro atoms. The van der Waals surface area contributed by atoms with Gasteiger partial charge in [-0.05, 0) is 85.5 Å². The highest BCUT2D eigenvalue weighted by molar-refractivity contribution is 6.01. The SMILES string of the molecule is Cn1nccc1C(=O)N[C@H](C(=O)Nc1cccc(C2(C(=O)NCC3(C)CCC3)CCCC2)c1)C(C1CCCCCCC1)C1CC1. The van der Waals surface area contributed by atoms with Crippen LogP contribution in [0.25, 0.3) is 0 Å². The van der Waals surface area contributed by atoms with E-state index in [1.54, 1.807) is 24.0 Å². The second kappa shape index (κ2) is 13.7. The number of carbonyl (C=O) groups is 3. The second-order valence-corrected chi connectivity index (χ2v) is 15.0. The fourth-order valence-electron chi connectivity index (χ4n) is 8.59. The summed E-state index contributed by atoms with van der Waals surface area (Å²) in [5.74, 6) is 0.659. The van der Waals surface area contributed by atoms with E-state index in [0.29, 0.717) is 23.2 Å². The van der Waals surface area contributed by atoms with Crippen molar-refractivity contribution < 1.29 is 14.4 Å². The monoisotopic (exact) mass is 615 g/mol. The molecule has 6 rings (SSSR count). The van der Waals surface area contributed by atoms with Crippen molar-refractivity contribution in [3.05, 3.63) is 47.8 Å². The number of hydrogen-bond acceptors (Lipinski definition) is 4. The average Bonchev–Trinajstić information content (AvgIpc) is 3.52. The predicted octanol–water partition coefficient (Wildman–Crippen LogP) is 6.66. The van der Waals surface area contributed by atoms with Crippen molar-refractivity contribution in [3.63, 3.8) is 0 Å². The van der Waals surface area contributed by atoms with Gasteiger partial charge >= 0.3 is 0 Å². The number of rotatable bonds is 11. The van der Waals surface area contributed by atoms with Gasteiger partial charge in [0.05, 0.1) is 5.41 Å². The summed E-state index contributed by atoms with van der Waals surface area (Å²) in [7, 11) is 1.75. The zero-order valence-corrected chi connectivity index (χ0v) is 27.4. The molecule has 0 saturated heterocycles. The molecule has 4 aliphatic rings. The first-order valence-electron chi connectivity index (χ1n) is 17.8. The Morgan fingerprint density at radius 3 is 2.20 bits per heavy atom. The van der Waals surface area contributed by atoms with Crippen LogP contribution >= 0.6 is 0 Å². The van der Waals surface area contributed by atoms with Crippen molar-refractivity contribution in [3.8, 4) is 0 Å². The molecule has 2 aromatic rings. The van der Waals surface area contributed by atoms with E-state index in [2.05, 4.69) is 34.0 Å². The molecule has 1 aromatic carbocycles. The molecule has 8 heteroatoms. The summed E-state index contributed by atoms with van der Waals surface area (Å²) < 4.78 is 1.56. The third kappa shape index (κ3) is 7.15. The molecule has 0 bridgehead atoms.